The molecule has 0 saturated carbocycles. The second-order valence-corrected chi connectivity index (χ2v) is 7.76. The molecule has 0 aliphatic carbocycles. The average Bonchev–Trinajstić information content (AvgIpc) is 2.92. The largest absolute Gasteiger partial charge is 0.378 e. The minimum atomic E-state index is 0.0598. The van der Waals surface area contributed by atoms with Crippen LogP contribution in [-0.2, 0) is 4.74 Å². The summed E-state index contributed by atoms with van der Waals surface area (Å²) in [5.74, 6) is 0.441. The Morgan fingerprint density at radius 2 is 1.96 bits per heavy atom. The third kappa shape index (κ3) is 2.70. The van der Waals surface area contributed by atoms with Gasteiger partial charge >= 0.3 is 0 Å². The highest BCUT2D eigenvalue weighted by atomic mass is 32.1. The molecule has 0 N–H and O–H groups in total. The molecule has 6 nitrogen and oxygen atoms in total. The molecule has 0 bridgehead atoms. The maximum atomic E-state index is 12.7. The van der Waals surface area contributed by atoms with Crippen LogP contribution in [0.15, 0.2) is 12.4 Å². The molecule has 4 rings (SSSR count). The summed E-state index contributed by atoms with van der Waals surface area (Å²) in [5.41, 5.74) is 2.03. The van der Waals surface area contributed by atoms with Gasteiger partial charge in [-0.25, -0.2) is 4.98 Å². The van der Waals surface area contributed by atoms with Crippen molar-refractivity contribution >= 4 is 27.6 Å². The van der Waals surface area contributed by atoms with E-state index >= 15 is 0 Å². The minimum Gasteiger partial charge on any atom is -0.378 e. The number of carbonyl (C=O) groups excluding carboxylic acids is 1. The Labute approximate surface area is 145 Å². The number of hydrogen-bond donors (Lipinski definition) is 0. The minimum absolute atomic E-state index is 0.0598. The zero-order valence-electron chi connectivity index (χ0n) is 14.1. The molecule has 2 saturated heterocycles. The number of likely N-dealkylation sites (tertiary alicyclic amines) is 1. The van der Waals surface area contributed by atoms with E-state index in [0.717, 1.165) is 59.9 Å². The highest BCUT2D eigenvalue weighted by Gasteiger charge is 2.33. The van der Waals surface area contributed by atoms with Gasteiger partial charge in [0.15, 0.2) is 0 Å². The highest BCUT2D eigenvalue weighted by molar-refractivity contribution is 7.20. The number of rotatable bonds is 3. The quantitative estimate of drug-likeness (QED) is 0.850. The fourth-order valence-electron chi connectivity index (χ4n) is 3.57. The van der Waals surface area contributed by atoms with Crippen LogP contribution in [-0.4, -0.2) is 72.1 Å². The van der Waals surface area contributed by atoms with Crippen LogP contribution >= 0.6 is 11.3 Å². The highest BCUT2D eigenvalue weighted by Crippen LogP contribution is 2.39. The van der Waals surface area contributed by atoms with Crippen LogP contribution in [0.4, 0.5) is 0 Å². The maximum Gasteiger partial charge on any atom is 0.263 e. The van der Waals surface area contributed by atoms with Crippen LogP contribution in [0.2, 0.25) is 0 Å². The Hall–Kier alpha value is -1.57. The van der Waals surface area contributed by atoms with Crippen molar-refractivity contribution in [3.8, 4) is 0 Å². The summed E-state index contributed by atoms with van der Waals surface area (Å²) >= 11 is 1.48. The standard InChI is InChI=1S/C17H22N4O2S/c1-20(2)17(22)15-13(14-16(24-15)19-6-5-18-14)11-3-7-21(8-4-11)12-9-23-10-12/h5-6,11-12H,3-4,7-10H2,1-2H3. The summed E-state index contributed by atoms with van der Waals surface area (Å²) in [5, 5.41) is 0. The fraction of sp³-hybridized carbons (Fsp3) is 0.588. The van der Waals surface area contributed by atoms with Gasteiger partial charge in [-0.15, -0.1) is 11.3 Å². The summed E-state index contributed by atoms with van der Waals surface area (Å²) < 4.78 is 5.31. The molecule has 128 valence electrons. The van der Waals surface area contributed by atoms with Gasteiger partial charge in [-0.2, -0.15) is 0 Å². The van der Waals surface area contributed by atoms with Gasteiger partial charge in [0.2, 0.25) is 0 Å². The van der Waals surface area contributed by atoms with Crippen LogP contribution in [0.25, 0.3) is 10.3 Å². The van der Waals surface area contributed by atoms with E-state index in [0.29, 0.717) is 12.0 Å². The first-order chi connectivity index (χ1) is 11.6. The number of piperidine rings is 1. The smallest absolute Gasteiger partial charge is 0.263 e. The van der Waals surface area contributed by atoms with Crippen LogP contribution in [0, 0.1) is 0 Å². The lowest BCUT2D eigenvalue weighted by Crippen LogP contribution is -2.51. The van der Waals surface area contributed by atoms with Crippen molar-refractivity contribution in [3.63, 3.8) is 0 Å². The van der Waals surface area contributed by atoms with Crippen molar-refractivity contribution in [1.82, 2.24) is 19.8 Å². The molecule has 0 unspecified atom stereocenters. The first-order valence-electron chi connectivity index (χ1n) is 8.42. The third-order valence-electron chi connectivity index (χ3n) is 5.04. The van der Waals surface area contributed by atoms with Gasteiger partial charge in [0.25, 0.3) is 5.91 Å². The number of ether oxygens (including phenoxy) is 1. The van der Waals surface area contributed by atoms with Crippen LogP contribution in [0.5, 0.6) is 0 Å². The number of thiophene rings is 1. The van der Waals surface area contributed by atoms with Crippen LogP contribution in [0.3, 0.4) is 0 Å². The van der Waals surface area contributed by atoms with Gasteiger partial charge in [-0.05, 0) is 31.8 Å². The average molecular weight is 346 g/mol. The summed E-state index contributed by atoms with van der Waals surface area (Å²) in [6, 6.07) is 0.591. The Morgan fingerprint density at radius 1 is 1.25 bits per heavy atom. The van der Waals surface area contributed by atoms with Crippen molar-refractivity contribution in [2.45, 2.75) is 24.8 Å². The number of nitrogens with zero attached hydrogens (tertiary/aromatic N) is 4. The Bertz CT molecular complexity index is 748. The molecule has 24 heavy (non-hydrogen) atoms. The Kier molecular flexibility index (Phi) is 4.24. The molecule has 0 radical (unpaired) electrons. The molecular weight excluding hydrogens is 324 g/mol. The molecule has 0 aromatic carbocycles. The Balaban J connectivity index is 1.65. The van der Waals surface area contributed by atoms with Crippen LogP contribution in [0.1, 0.15) is 34.0 Å². The normalized spacial score (nSPS) is 20.2. The maximum absolute atomic E-state index is 12.7. The number of hydrogen-bond acceptors (Lipinski definition) is 6. The van der Waals surface area contributed by atoms with Gasteiger partial charge in [-0.1, -0.05) is 0 Å². The lowest BCUT2D eigenvalue weighted by Gasteiger charge is -2.41. The predicted octanol–water partition coefficient (Wildman–Crippen LogP) is 1.97. The Morgan fingerprint density at radius 3 is 2.58 bits per heavy atom. The zero-order valence-corrected chi connectivity index (χ0v) is 14.9. The number of aromatic nitrogens is 2. The van der Waals surface area contributed by atoms with E-state index in [1.807, 2.05) is 0 Å². The first kappa shape index (κ1) is 15.9. The van der Waals surface area contributed by atoms with E-state index < -0.39 is 0 Å². The van der Waals surface area contributed by atoms with E-state index in [2.05, 4.69) is 14.9 Å². The summed E-state index contributed by atoms with van der Waals surface area (Å²) in [6.45, 7) is 3.85. The van der Waals surface area contributed by atoms with E-state index in [9.17, 15) is 4.79 Å². The van der Waals surface area contributed by atoms with E-state index in [-0.39, 0.29) is 5.91 Å². The summed E-state index contributed by atoms with van der Waals surface area (Å²) in [4.78, 5) is 27.5. The van der Waals surface area contributed by atoms with Gasteiger partial charge in [-0.3, -0.25) is 14.7 Å². The van der Waals surface area contributed by atoms with Crippen molar-refractivity contribution in [2.75, 3.05) is 40.4 Å². The fourth-order valence-corrected chi connectivity index (χ4v) is 4.78. The molecule has 1 amide bonds. The van der Waals surface area contributed by atoms with Crippen molar-refractivity contribution in [2.24, 2.45) is 0 Å². The molecule has 2 aromatic rings. The molecule has 0 spiro atoms. The summed E-state index contributed by atoms with van der Waals surface area (Å²) in [7, 11) is 3.60. The second-order valence-electron chi connectivity index (χ2n) is 6.76. The third-order valence-corrected chi connectivity index (χ3v) is 6.13. The summed E-state index contributed by atoms with van der Waals surface area (Å²) in [6.07, 6.45) is 5.55. The van der Waals surface area contributed by atoms with Gasteiger partial charge in [0.1, 0.15) is 10.3 Å². The molecule has 4 heterocycles. The van der Waals surface area contributed by atoms with Gasteiger partial charge in [0, 0.05) is 32.1 Å². The lowest BCUT2D eigenvalue weighted by atomic mass is 9.88. The SMILES string of the molecule is CN(C)C(=O)c1sc2nccnc2c1C1CCN(C2COC2)CC1. The van der Waals surface area contributed by atoms with Gasteiger partial charge < -0.3 is 9.64 Å². The molecule has 2 fully saturated rings. The van der Waals surface area contributed by atoms with Crippen LogP contribution < -0.4 is 0 Å². The van der Waals surface area contributed by atoms with Crippen molar-refractivity contribution in [1.29, 1.82) is 0 Å². The molecule has 2 aromatic heterocycles. The molecule has 0 atom stereocenters. The van der Waals surface area contributed by atoms with Gasteiger partial charge in [0.05, 0.1) is 24.1 Å². The predicted molar refractivity (Wildman–Crippen MR) is 93.6 cm³/mol. The molecule has 2 aliphatic heterocycles. The number of amides is 1. The molecule has 7 heteroatoms. The molecule has 2 aliphatic rings. The van der Waals surface area contributed by atoms with Crippen molar-refractivity contribution in [3.05, 3.63) is 22.8 Å². The van der Waals surface area contributed by atoms with E-state index in [1.54, 1.807) is 31.4 Å². The topological polar surface area (TPSA) is 58.6 Å². The zero-order chi connectivity index (χ0) is 16.7. The van der Waals surface area contributed by atoms with Crippen molar-refractivity contribution < 1.29 is 9.53 Å². The molecular formula is C17H22N4O2S. The number of carbonyl (C=O) groups is 1. The number of fused-ring (bicyclic) bond motifs is 1. The first-order valence-corrected chi connectivity index (χ1v) is 9.23. The van der Waals surface area contributed by atoms with E-state index in [1.165, 1.54) is 11.3 Å². The lowest BCUT2D eigenvalue weighted by molar-refractivity contribution is -0.0712. The second kappa shape index (κ2) is 6.38. The van der Waals surface area contributed by atoms with E-state index in [4.69, 9.17) is 4.74 Å². The monoisotopic (exact) mass is 346 g/mol.